The van der Waals surface area contributed by atoms with Crippen LogP contribution in [0, 0.1) is 0 Å². The molecule has 2 aromatic heterocycles. The van der Waals surface area contributed by atoms with E-state index in [1.807, 2.05) is 60.7 Å². The van der Waals surface area contributed by atoms with Crippen molar-refractivity contribution in [1.82, 2.24) is 20.3 Å². The molecule has 0 bridgehead atoms. The number of pyridine rings is 1. The number of hydrogen-bond acceptors (Lipinski definition) is 5. The molecule has 0 aliphatic rings. The molecular formula is C26H24N4O3. The summed E-state index contributed by atoms with van der Waals surface area (Å²) in [7, 11) is 0. The fourth-order valence-electron chi connectivity index (χ4n) is 3.34. The summed E-state index contributed by atoms with van der Waals surface area (Å²) < 4.78 is 6.00. The molecule has 166 valence electrons. The van der Waals surface area contributed by atoms with Crippen LogP contribution in [0.5, 0.6) is 5.75 Å². The van der Waals surface area contributed by atoms with E-state index in [1.54, 1.807) is 18.5 Å². The third-order valence-electron chi connectivity index (χ3n) is 5.11. The van der Waals surface area contributed by atoms with E-state index >= 15 is 0 Å². The molecule has 4 aromatic rings. The highest BCUT2D eigenvalue weighted by Gasteiger charge is 2.12. The number of para-hydroxylation sites is 1. The molecule has 0 radical (unpaired) electrons. The van der Waals surface area contributed by atoms with Crippen LogP contribution < -0.4 is 15.6 Å². The molecule has 0 saturated heterocycles. The Morgan fingerprint density at radius 3 is 2.48 bits per heavy atom. The SMILES string of the molecule is O=C(NCc1cccnc1)c1cnc(CCc2ccccc2OCc2ccccc2)[nH]c1=O. The second-order valence-corrected chi connectivity index (χ2v) is 7.50. The normalized spacial score (nSPS) is 10.5. The first-order chi connectivity index (χ1) is 16.2. The predicted molar refractivity (Wildman–Crippen MR) is 125 cm³/mol. The summed E-state index contributed by atoms with van der Waals surface area (Å²) in [5.74, 6) is 0.843. The van der Waals surface area contributed by atoms with Crippen molar-refractivity contribution in [3.63, 3.8) is 0 Å². The summed E-state index contributed by atoms with van der Waals surface area (Å²) in [6.45, 7) is 0.767. The van der Waals surface area contributed by atoms with Crippen LogP contribution in [-0.4, -0.2) is 20.9 Å². The van der Waals surface area contributed by atoms with Crippen LogP contribution in [0.15, 0.2) is 90.1 Å². The van der Waals surface area contributed by atoms with E-state index < -0.39 is 11.5 Å². The Labute approximate surface area is 191 Å². The van der Waals surface area contributed by atoms with Gasteiger partial charge in [0.15, 0.2) is 0 Å². The van der Waals surface area contributed by atoms with E-state index in [4.69, 9.17) is 4.74 Å². The molecular weight excluding hydrogens is 416 g/mol. The van der Waals surface area contributed by atoms with Gasteiger partial charge in [-0.25, -0.2) is 4.98 Å². The highest BCUT2D eigenvalue weighted by atomic mass is 16.5. The summed E-state index contributed by atoms with van der Waals surface area (Å²) in [4.78, 5) is 35.8. The average Bonchev–Trinajstić information content (AvgIpc) is 2.86. The molecule has 0 saturated carbocycles. The van der Waals surface area contributed by atoms with Gasteiger partial charge in [-0.2, -0.15) is 0 Å². The van der Waals surface area contributed by atoms with Crippen molar-refractivity contribution in [2.75, 3.05) is 0 Å². The molecule has 0 atom stereocenters. The molecule has 4 rings (SSSR count). The number of aromatic amines is 1. The minimum atomic E-state index is -0.473. The highest BCUT2D eigenvalue weighted by Crippen LogP contribution is 2.20. The van der Waals surface area contributed by atoms with E-state index in [9.17, 15) is 9.59 Å². The van der Waals surface area contributed by atoms with Gasteiger partial charge in [-0.3, -0.25) is 14.6 Å². The number of carbonyl (C=O) groups excluding carboxylic acids is 1. The Morgan fingerprint density at radius 2 is 1.70 bits per heavy atom. The van der Waals surface area contributed by atoms with Crippen molar-refractivity contribution < 1.29 is 9.53 Å². The maximum absolute atomic E-state index is 12.4. The molecule has 7 nitrogen and oxygen atoms in total. The first-order valence-corrected chi connectivity index (χ1v) is 10.7. The van der Waals surface area contributed by atoms with Gasteiger partial charge < -0.3 is 15.0 Å². The van der Waals surface area contributed by atoms with Crippen LogP contribution in [0.4, 0.5) is 0 Å². The van der Waals surface area contributed by atoms with Gasteiger partial charge in [-0.15, -0.1) is 0 Å². The smallest absolute Gasteiger partial charge is 0.263 e. The Morgan fingerprint density at radius 1 is 0.909 bits per heavy atom. The van der Waals surface area contributed by atoms with E-state index in [2.05, 4.69) is 20.3 Å². The number of hydrogen-bond donors (Lipinski definition) is 2. The van der Waals surface area contributed by atoms with Crippen molar-refractivity contribution in [3.05, 3.63) is 124 Å². The fourth-order valence-corrected chi connectivity index (χ4v) is 3.34. The lowest BCUT2D eigenvalue weighted by atomic mass is 10.1. The number of carbonyl (C=O) groups is 1. The van der Waals surface area contributed by atoms with Crippen LogP contribution in [0.3, 0.4) is 0 Å². The molecule has 2 aromatic carbocycles. The predicted octanol–water partition coefficient (Wildman–Crippen LogP) is 3.46. The van der Waals surface area contributed by atoms with E-state index in [0.29, 0.717) is 25.3 Å². The van der Waals surface area contributed by atoms with E-state index in [-0.39, 0.29) is 12.1 Å². The van der Waals surface area contributed by atoms with Crippen LogP contribution >= 0.6 is 0 Å². The zero-order valence-corrected chi connectivity index (χ0v) is 18.0. The molecule has 7 heteroatoms. The summed E-state index contributed by atoms with van der Waals surface area (Å²) in [5.41, 5.74) is 2.48. The number of nitrogens with one attached hydrogen (secondary N) is 2. The molecule has 0 fully saturated rings. The topological polar surface area (TPSA) is 97.0 Å². The minimum Gasteiger partial charge on any atom is -0.489 e. The first kappa shape index (κ1) is 22.0. The zero-order chi connectivity index (χ0) is 22.9. The minimum absolute atomic E-state index is 0.0192. The fraction of sp³-hybridized carbons (Fsp3) is 0.154. The van der Waals surface area contributed by atoms with Crippen LogP contribution in [0.25, 0.3) is 0 Å². The maximum Gasteiger partial charge on any atom is 0.263 e. The number of aromatic nitrogens is 3. The third-order valence-corrected chi connectivity index (χ3v) is 5.11. The number of nitrogens with zero attached hydrogens (tertiary/aromatic N) is 2. The number of benzene rings is 2. The van der Waals surface area contributed by atoms with Gasteiger partial charge in [0.05, 0.1) is 0 Å². The largest absolute Gasteiger partial charge is 0.489 e. The van der Waals surface area contributed by atoms with Crippen LogP contribution in [0.1, 0.15) is 32.9 Å². The van der Waals surface area contributed by atoms with Gasteiger partial charge in [0, 0.05) is 31.6 Å². The second-order valence-electron chi connectivity index (χ2n) is 7.50. The van der Waals surface area contributed by atoms with Gasteiger partial charge in [0.2, 0.25) is 0 Å². The average molecular weight is 441 g/mol. The van der Waals surface area contributed by atoms with Crippen LogP contribution in [0.2, 0.25) is 0 Å². The Hall–Kier alpha value is -4.26. The van der Waals surface area contributed by atoms with E-state index in [0.717, 1.165) is 22.4 Å². The maximum atomic E-state index is 12.4. The molecule has 0 unspecified atom stereocenters. The Bertz CT molecular complexity index is 1260. The summed E-state index contributed by atoms with van der Waals surface area (Å²) in [6, 6.07) is 21.4. The van der Waals surface area contributed by atoms with E-state index in [1.165, 1.54) is 6.20 Å². The molecule has 0 aliphatic carbocycles. The lowest BCUT2D eigenvalue weighted by Crippen LogP contribution is -2.30. The quantitative estimate of drug-likeness (QED) is 0.415. The molecule has 2 N–H and O–H groups in total. The van der Waals surface area contributed by atoms with Crippen molar-refractivity contribution in [3.8, 4) is 5.75 Å². The zero-order valence-electron chi connectivity index (χ0n) is 18.0. The highest BCUT2D eigenvalue weighted by molar-refractivity contribution is 5.93. The molecule has 0 spiro atoms. The third kappa shape index (κ3) is 6.13. The van der Waals surface area contributed by atoms with Crippen molar-refractivity contribution in [2.45, 2.75) is 26.0 Å². The summed E-state index contributed by atoms with van der Waals surface area (Å²) >= 11 is 0. The van der Waals surface area contributed by atoms with Gasteiger partial charge >= 0.3 is 0 Å². The molecule has 33 heavy (non-hydrogen) atoms. The number of H-pyrrole nitrogens is 1. The van der Waals surface area contributed by atoms with Crippen LogP contribution in [-0.2, 0) is 26.0 Å². The molecule has 2 heterocycles. The second kappa shape index (κ2) is 10.9. The summed E-state index contributed by atoms with van der Waals surface area (Å²) in [6.07, 6.45) is 5.79. The Kier molecular flexibility index (Phi) is 7.22. The monoisotopic (exact) mass is 440 g/mol. The van der Waals surface area contributed by atoms with Gasteiger partial charge in [-0.05, 0) is 35.2 Å². The molecule has 1 amide bonds. The van der Waals surface area contributed by atoms with Gasteiger partial charge in [-0.1, -0.05) is 54.6 Å². The van der Waals surface area contributed by atoms with Crippen molar-refractivity contribution >= 4 is 5.91 Å². The van der Waals surface area contributed by atoms with Crippen molar-refractivity contribution in [1.29, 1.82) is 0 Å². The number of ether oxygens (including phenoxy) is 1. The van der Waals surface area contributed by atoms with Gasteiger partial charge in [0.1, 0.15) is 23.7 Å². The number of amides is 1. The van der Waals surface area contributed by atoms with Crippen molar-refractivity contribution in [2.24, 2.45) is 0 Å². The first-order valence-electron chi connectivity index (χ1n) is 10.7. The standard InChI is InChI=1S/C26H24N4O3/c31-25(29-16-20-9-6-14-27-15-20)22-17-28-24(30-26(22)32)13-12-21-10-4-5-11-23(21)33-18-19-7-2-1-3-8-19/h1-11,14-15,17H,12-13,16,18H2,(H,29,31)(H,28,30,32). The lowest BCUT2D eigenvalue weighted by molar-refractivity contribution is 0.0949. The Balaban J connectivity index is 1.36. The molecule has 0 aliphatic heterocycles. The summed E-state index contributed by atoms with van der Waals surface area (Å²) in [5, 5.41) is 2.71. The number of aryl methyl sites for hydroxylation is 2. The number of rotatable bonds is 9. The van der Waals surface area contributed by atoms with Gasteiger partial charge in [0.25, 0.3) is 11.5 Å². The lowest BCUT2D eigenvalue weighted by Gasteiger charge is -2.11.